The maximum Gasteiger partial charge on any atom is 0.255 e. The second kappa shape index (κ2) is 6.43. The number of halogens is 1. The highest BCUT2D eigenvalue weighted by molar-refractivity contribution is 9.08. The molecule has 0 heterocycles. The number of carbonyl (C=O) groups is 1. The van der Waals surface area contributed by atoms with E-state index in [1.165, 1.54) is 12.1 Å². The first-order valence-corrected chi connectivity index (χ1v) is 7.16. The van der Waals surface area contributed by atoms with Gasteiger partial charge in [0.05, 0.1) is 5.56 Å². The molecule has 104 valence electrons. The van der Waals surface area contributed by atoms with Gasteiger partial charge in [-0.25, -0.2) is 0 Å². The predicted octanol–water partition coefficient (Wildman–Crippen LogP) is 2.92. The minimum Gasteiger partial charge on any atom is -0.508 e. The van der Waals surface area contributed by atoms with Gasteiger partial charge in [0.1, 0.15) is 11.5 Å². The molecular formula is C15H14BrNO3. The summed E-state index contributed by atoms with van der Waals surface area (Å²) in [7, 11) is 0. The number of aromatic hydroxyl groups is 2. The molecule has 2 aromatic rings. The van der Waals surface area contributed by atoms with Gasteiger partial charge in [-0.05, 0) is 23.3 Å². The summed E-state index contributed by atoms with van der Waals surface area (Å²) in [6.07, 6.45) is 0. The number of hydrogen-bond acceptors (Lipinski definition) is 3. The molecule has 0 radical (unpaired) electrons. The van der Waals surface area contributed by atoms with Gasteiger partial charge in [-0.3, -0.25) is 4.79 Å². The first kappa shape index (κ1) is 14.4. The Morgan fingerprint density at radius 2 is 1.85 bits per heavy atom. The van der Waals surface area contributed by atoms with Crippen molar-refractivity contribution in [3.63, 3.8) is 0 Å². The Labute approximate surface area is 125 Å². The zero-order chi connectivity index (χ0) is 14.5. The molecule has 5 heteroatoms. The van der Waals surface area contributed by atoms with Crippen molar-refractivity contribution in [3.8, 4) is 11.5 Å². The zero-order valence-electron chi connectivity index (χ0n) is 10.6. The highest BCUT2D eigenvalue weighted by Gasteiger charge is 2.11. The second-order valence-corrected chi connectivity index (χ2v) is 4.90. The third kappa shape index (κ3) is 3.51. The van der Waals surface area contributed by atoms with Gasteiger partial charge in [-0.15, -0.1) is 0 Å². The van der Waals surface area contributed by atoms with Crippen LogP contribution in [-0.4, -0.2) is 16.1 Å². The summed E-state index contributed by atoms with van der Waals surface area (Å²) in [5.41, 5.74) is 2.25. The number of alkyl halides is 1. The summed E-state index contributed by atoms with van der Waals surface area (Å²) in [6.45, 7) is 0.375. The Balaban J connectivity index is 2.04. The van der Waals surface area contributed by atoms with Crippen molar-refractivity contribution in [2.75, 3.05) is 0 Å². The Bertz CT molecular complexity index is 628. The van der Waals surface area contributed by atoms with Crippen molar-refractivity contribution in [2.45, 2.75) is 11.9 Å². The summed E-state index contributed by atoms with van der Waals surface area (Å²) >= 11 is 3.38. The van der Waals surface area contributed by atoms with Crippen LogP contribution in [0.5, 0.6) is 11.5 Å². The topological polar surface area (TPSA) is 69.6 Å². The molecule has 4 nitrogen and oxygen atoms in total. The Morgan fingerprint density at radius 1 is 1.10 bits per heavy atom. The number of hydrogen-bond donors (Lipinski definition) is 3. The molecular weight excluding hydrogens is 322 g/mol. The fraction of sp³-hybridized carbons (Fsp3) is 0.133. The minimum absolute atomic E-state index is 0.0796. The van der Waals surface area contributed by atoms with E-state index < -0.39 is 0 Å². The molecule has 1 amide bonds. The molecule has 0 saturated carbocycles. The molecule has 0 bridgehead atoms. The number of benzene rings is 2. The lowest BCUT2D eigenvalue weighted by molar-refractivity contribution is 0.0948. The van der Waals surface area contributed by atoms with E-state index in [4.69, 9.17) is 0 Å². The zero-order valence-corrected chi connectivity index (χ0v) is 12.2. The molecule has 3 N–H and O–H groups in total. The van der Waals surface area contributed by atoms with E-state index in [2.05, 4.69) is 21.2 Å². The lowest BCUT2D eigenvalue weighted by Crippen LogP contribution is -2.22. The summed E-state index contributed by atoms with van der Waals surface area (Å²) in [5.74, 6) is -0.701. The summed E-state index contributed by atoms with van der Waals surface area (Å²) in [6, 6.07) is 11.7. The fourth-order valence-electron chi connectivity index (χ4n) is 1.81. The van der Waals surface area contributed by atoms with E-state index in [9.17, 15) is 15.0 Å². The van der Waals surface area contributed by atoms with E-state index in [0.29, 0.717) is 6.54 Å². The van der Waals surface area contributed by atoms with Gasteiger partial charge in [0.15, 0.2) is 0 Å². The number of phenolic OH excluding ortho intramolecular Hbond substituents is 2. The van der Waals surface area contributed by atoms with E-state index in [-0.39, 0.29) is 23.0 Å². The first-order valence-electron chi connectivity index (χ1n) is 6.04. The molecule has 0 saturated heterocycles. The average Bonchev–Trinajstić information content (AvgIpc) is 2.45. The van der Waals surface area contributed by atoms with E-state index >= 15 is 0 Å². The van der Waals surface area contributed by atoms with Crippen molar-refractivity contribution in [3.05, 3.63) is 59.2 Å². The van der Waals surface area contributed by atoms with Crippen LogP contribution in [-0.2, 0) is 11.9 Å². The molecule has 0 aliphatic heterocycles. The molecule has 0 atom stereocenters. The Kier molecular flexibility index (Phi) is 4.63. The highest BCUT2D eigenvalue weighted by atomic mass is 79.9. The average molecular weight is 336 g/mol. The van der Waals surface area contributed by atoms with E-state index in [0.717, 1.165) is 22.5 Å². The lowest BCUT2D eigenvalue weighted by Gasteiger charge is -2.08. The van der Waals surface area contributed by atoms with Gasteiger partial charge in [-0.2, -0.15) is 0 Å². The van der Waals surface area contributed by atoms with Crippen LogP contribution < -0.4 is 5.32 Å². The minimum atomic E-state index is -0.383. The number of rotatable bonds is 4. The number of nitrogens with one attached hydrogen (secondary N) is 1. The third-order valence-corrected chi connectivity index (χ3v) is 3.47. The van der Waals surface area contributed by atoms with Crippen LogP contribution in [0.1, 0.15) is 21.5 Å². The van der Waals surface area contributed by atoms with Gasteiger partial charge in [-0.1, -0.05) is 40.2 Å². The predicted molar refractivity (Wildman–Crippen MR) is 80.0 cm³/mol. The molecule has 0 aliphatic carbocycles. The van der Waals surface area contributed by atoms with Gasteiger partial charge >= 0.3 is 0 Å². The van der Waals surface area contributed by atoms with Crippen LogP contribution in [0.15, 0.2) is 42.5 Å². The molecule has 20 heavy (non-hydrogen) atoms. The van der Waals surface area contributed by atoms with Crippen LogP contribution in [0.25, 0.3) is 0 Å². The Hall–Kier alpha value is -2.01. The second-order valence-electron chi connectivity index (χ2n) is 4.34. The van der Waals surface area contributed by atoms with Crippen LogP contribution in [0.3, 0.4) is 0 Å². The van der Waals surface area contributed by atoms with Crippen molar-refractivity contribution in [1.82, 2.24) is 5.32 Å². The standard InChI is InChI=1S/C15H14BrNO3/c16-8-10-2-1-3-11(6-10)9-17-15(20)13-5-4-12(18)7-14(13)19/h1-7,18-19H,8-9H2,(H,17,20). The van der Waals surface area contributed by atoms with Gasteiger partial charge in [0, 0.05) is 17.9 Å². The van der Waals surface area contributed by atoms with Gasteiger partial charge in [0.2, 0.25) is 0 Å². The van der Waals surface area contributed by atoms with E-state index in [1.807, 2.05) is 24.3 Å². The largest absolute Gasteiger partial charge is 0.508 e. The molecule has 0 fully saturated rings. The SMILES string of the molecule is O=C(NCc1cccc(CBr)c1)c1ccc(O)cc1O. The summed E-state index contributed by atoms with van der Waals surface area (Å²) in [5, 5.41) is 22.3. The van der Waals surface area contributed by atoms with Crippen LogP contribution in [0.2, 0.25) is 0 Å². The molecule has 0 spiro atoms. The monoisotopic (exact) mass is 335 g/mol. The van der Waals surface area contributed by atoms with Crippen molar-refractivity contribution >= 4 is 21.8 Å². The quantitative estimate of drug-likeness (QED) is 0.752. The maximum atomic E-state index is 11.9. The van der Waals surface area contributed by atoms with Gasteiger partial charge < -0.3 is 15.5 Å². The van der Waals surface area contributed by atoms with Crippen molar-refractivity contribution in [1.29, 1.82) is 0 Å². The van der Waals surface area contributed by atoms with Gasteiger partial charge in [0.25, 0.3) is 5.91 Å². The highest BCUT2D eigenvalue weighted by Crippen LogP contribution is 2.22. The normalized spacial score (nSPS) is 10.2. The molecule has 2 aromatic carbocycles. The molecule has 0 aromatic heterocycles. The number of carbonyl (C=O) groups excluding carboxylic acids is 1. The summed E-state index contributed by atoms with van der Waals surface area (Å²) in [4.78, 5) is 11.9. The molecule has 0 aliphatic rings. The molecule has 0 unspecified atom stereocenters. The fourth-order valence-corrected chi connectivity index (χ4v) is 2.16. The lowest BCUT2D eigenvalue weighted by atomic mass is 10.1. The van der Waals surface area contributed by atoms with Crippen molar-refractivity contribution in [2.24, 2.45) is 0 Å². The summed E-state index contributed by atoms with van der Waals surface area (Å²) < 4.78 is 0. The van der Waals surface area contributed by atoms with Crippen LogP contribution >= 0.6 is 15.9 Å². The maximum absolute atomic E-state index is 11.9. The third-order valence-electron chi connectivity index (χ3n) is 2.82. The first-order chi connectivity index (χ1) is 9.60. The Morgan fingerprint density at radius 3 is 2.55 bits per heavy atom. The number of amides is 1. The van der Waals surface area contributed by atoms with Crippen LogP contribution in [0.4, 0.5) is 0 Å². The molecule has 2 rings (SSSR count). The van der Waals surface area contributed by atoms with Crippen LogP contribution in [0, 0.1) is 0 Å². The number of phenols is 2. The van der Waals surface area contributed by atoms with E-state index in [1.54, 1.807) is 0 Å². The van der Waals surface area contributed by atoms with Crippen molar-refractivity contribution < 1.29 is 15.0 Å². The smallest absolute Gasteiger partial charge is 0.255 e.